The number of rotatable bonds is 8. The summed E-state index contributed by atoms with van der Waals surface area (Å²) in [6.45, 7) is 0.892. The van der Waals surface area contributed by atoms with E-state index in [2.05, 4.69) is 5.32 Å². The van der Waals surface area contributed by atoms with Crippen molar-refractivity contribution in [1.82, 2.24) is 5.32 Å². The Bertz CT molecular complexity index is 640. The number of ether oxygens (including phenoxy) is 1. The summed E-state index contributed by atoms with van der Waals surface area (Å²) in [7, 11) is 0. The fourth-order valence-electron chi connectivity index (χ4n) is 2.27. The van der Waals surface area contributed by atoms with Crippen molar-refractivity contribution in [3.63, 3.8) is 0 Å². The molecule has 2 rings (SSSR count). The van der Waals surface area contributed by atoms with E-state index in [9.17, 15) is 8.78 Å². The summed E-state index contributed by atoms with van der Waals surface area (Å²) >= 11 is 6.20. The van der Waals surface area contributed by atoms with Crippen LogP contribution in [-0.2, 0) is 4.74 Å². The molecule has 0 radical (unpaired) electrons. The van der Waals surface area contributed by atoms with Gasteiger partial charge in [0.15, 0.2) is 0 Å². The number of aliphatic hydroxyl groups is 1. The van der Waals surface area contributed by atoms with Crippen molar-refractivity contribution in [1.29, 1.82) is 0 Å². The van der Waals surface area contributed by atoms with Crippen LogP contribution in [0.1, 0.15) is 17.2 Å². The van der Waals surface area contributed by atoms with Gasteiger partial charge in [-0.3, -0.25) is 0 Å². The molecule has 0 bridgehead atoms. The Morgan fingerprint density at radius 1 is 1.09 bits per heavy atom. The number of nitrogens with one attached hydrogen (secondary N) is 1. The maximum absolute atomic E-state index is 14.2. The molecule has 1 unspecified atom stereocenters. The van der Waals surface area contributed by atoms with E-state index < -0.39 is 17.7 Å². The molecular weight excluding hydrogens is 324 g/mol. The van der Waals surface area contributed by atoms with E-state index in [4.69, 9.17) is 21.4 Å². The quantitative estimate of drug-likeness (QED) is 0.724. The van der Waals surface area contributed by atoms with Crippen LogP contribution in [0.3, 0.4) is 0 Å². The van der Waals surface area contributed by atoms with E-state index in [1.54, 1.807) is 24.3 Å². The summed E-state index contributed by atoms with van der Waals surface area (Å²) in [5.74, 6) is -1.03. The average Bonchev–Trinajstić information content (AvgIpc) is 2.55. The van der Waals surface area contributed by atoms with Crippen LogP contribution in [0.5, 0.6) is 0 Å². The fourth-order valence-corrected chi connectivity index (χ4v) is 2.52. The van der Waals surface area contributed by atoms with Gasteiger partial charge in [-0.25, -0.2) is 8.78 Å². The van der Waals surface area contributed by atoms with E-state index in [0.29, 0.717) is 23.7 Å². The molecule has 0 aliphatic heterocycles. The normalized spacial score (nSPS) is 12.3. The largest absolute Gasteiger partial charge is 0.394 e. The lowest BCUT2D eigenvalue weighted by Gasteiger charge is -2.21. The van der Waals surface area contributed by atoms with E-state index in [1.165, 1.54) is 0 Å². The zero-order chi connectivity index (χ0) is 16.7. The van der Waals surface area contributed by atoms with Gasteiger partial charge < -0.3 is 15.2 Å². The number of benzene rings is 2. The smallest absolute Gasteiger partial charge is 0.128 e. The summed E-state index contributed by atoms with van der Waals surface area (Å²) in [6, 6.07) is 9.75. The second kappa shape index (κ2) is 8.93. The van der Waals surface area contributed by atoms with Crippen molar-refractivity contribution < 1.29 is 18.6 Å². The van der Waals surface area contributed by atoms with Gasteiger partial charge in [-0.1, -0.05) is 29.8 Å². The zero-order valence-corrected chi connectivity index (χ0v) is 13.2. The lowest BCUT2D eigenvalue weighted by Crippen LogP contribution is -2.27. The molecule has 124 valence electrons. The van der Waals surface area contributed by atoms with Crippen LogP contribution in [0, 0.1) is 11.6 Å². The maximum atomic E-state index is 14.2. The van der Waals surface area contributed by atoms with Crippen molar-refractivity contribution in [2.75, 3.05) is 26.4 Å². The molecule has 2 aromatic rings. The van der Waals surface area contributed by atoms with E-state index in [-0.39, 0.29) is 18.8 Å². The Morgan fingerprint density at radius 3 is 2.61 bits per heavy atom. The summed E-state index contributed by atoms with van der Waals surface area (Å²) in [6.07, 6.45) is 0. The maximum Gasteiger partial charge on any atom is 0.128 e. The highest BCUT2D eigenvalue weighted by molar-refractivity contribution is 6.31. The van der Waals surface area contributed by atoms with Gasteiger partial charge in [0.25, 0.3) is 0 Å². The Kier molecular flexibility index (Phi) is 6.92. The monoisotopic (exact) mass is 341 g/mol. The first kappa shape index (κ1) is 17.8. The second-order valence-electron chi connectivity index (χ2n) is 4.91. The molecule has 1 atom stereocenters. The zero-order valence-electron chi connectivity index (χ0n) is 12.4. The molecule has 0 amide bonds. The van der Waals surface area contributed by atoms with Gasteiger partial charge in [-0.05, 0) is 29.8 Å². The SMILES string of the molecule is OCCOCCNC(c1cc(F)ccc1F)c1ccccc1Cl. The number of hydrogen-bond acceptors (Lipinski definition) is 3. The van der Waals surface area contributed by atoms with Crippen LogP contribution in [0.25, 0.3) is 0 Å². The summed E-state index contributed by atoms with van der Waals surface area (Å²) < 4.78 is 32.9. The number of hydrogen-bond donors (Lipinski definition) is 2. The summed E-state index contributed by atoms with van der Waals surface area (Å²) in [5.41, 5.74) is 0.834. The minimum absolute atomic E-state index is 0.0630. The van der Waals surface area contributed by atoms with Crippen molar-refractivity contribution in [2.45, 2.75) is 6.04 Å². The summed E-state index contributed by atoms with van der Waals surface area (Å²) in [4.78, 5) is 0. The second-order valence-corrected chi connectivity index (χ2v) is 5.32. The minimum atomic E-state index is -0.600. The van der Waals surface area contributed by atoms with Gasteiger partial charge in [0.05, 0.1) is 25.9 Å². The molecule has 2 N–H and O–H groups in total. The lowest BCUT2D eigenvalue weighted by atomic mass is 9.98. The van der Waals surface area contributed by atoms with Crippen molar-refractivity contribution in [2.24, 2.45) is 0 Å². The molecule has 0 aliphatic carbocycles. The molecule has 2 aromatic carbocycles. The standard InChI is InChI=1S/C17H18ClF2NO2/c18-15-4-2-1-3-13(15)17(21-7-9-23-10-8-22)14-11-12(19)5-6-16(14)20/h1-6,11,17,21-22H,7-10H2. The number of aliphatic hydroxyl groups excluding tert-OH is 1. The molecule has 3 nitrogen and oxygen atoms in total. The molecule has 0 aliphatic rings. The first-order chi connectivity index (χ1) is 11.1. The molecule has 0 saturated carbocycles. The Morgan fingerprint density at radius 2 is 1.87 bits per heavy atom. The highest BCUT2D eigenvalue weighted by Crippen LogP contribution is 2.30. The molecule has 23 heavy (non-hydrogen) atoms. The average molecular weight is 342 g/mol. The van der Waals surface area contributed by atoms with E-state index in [1.807, 2.05) is 0 Å². The van der Waals surface area contributed by atoms with Crippen LogP contribution < -0.4 is 5.32 Å². The third-order valence-electron chi connectivity index (χ3n) is 3.32. The van der Waals surface area contributed by atoms with Crippen LogP contribution in [-0.4, -0.2) is 31.5 Å². The van der Waals surface area contributed by atoms with Gasteiger partial charge in [0, 0.05) is 17.1 Å². The van der Waals surface area contributed by atoms with E-state index in [0.717, 1.165) is 18.2 Å². The Balaban J connectivity index is 2.24. The third kappa shape index (κ3) is 4.97. The molecule has 0 fully saturated rings. The van der Waals surface area contributed by atoms with Gasteiger partial charge >= 0.3 is 0 Å². The lowest BCUT2D eigenvalue weighted by molar-refractivity contribution is 0.0931. The van der Waals surface area contributed by atoms with Crippen molar-refractivity contribution >= 4 is 11.6 Å². The molecule has 6 heteroatoms. The highest BCUT2D eigenvalue weighted by Gasteiger charge is 2.20. The van der Waals surface area contributed by atoms with Crippen LogP contribution in [0.4, 0.5) is 8.78 Å². The Hall–Kier alpha value is -1.53. The molecular formula is C17H18ClF2NO2. The predicted octanol–water partition coefficient (Wildman–Crippen LogP) is 3.31. The fraction of sp³-hybridized carbons (Fsp3) is 0.294. The van der Waals surface area contributed by atoms with Crippen molar-refractivity contribution in [3.05, 3.63) is 70.2 Å². The van der Waals surface area contributed by atoms with Gasteiger partial charge in [-0.2, -0.15) is 0 Å². The van der Waals surface area contributed by atoms with Gasteiger partial charge in [-0.15, -0.1) is 0 Å². The molecule has 0 heterocycles. The van der Waals surface area contributed by atoms with Crippen LogP contribution in [0.15, 0.2) is 42.5 Å². The summed E-state index contributed by atoms with van der Waals surface area (Å²) in [5, 5.41) is 12.3. The highest BCUT2D eigenvalue weighted by atomic mass is 35.5. The van der Waals surface area contributed by atoms with Crippen LogP contribution in [0.2, 0.25) is 5.02 Å². The molecule has 0 spiro atoms. The topological polar surface area (TPSA) is 41.5 Å². The molecule has 0 saturated heterocycles. The third-order valence-corrected chi connectivity index (χ3v) is 3.66. The van der Waals surface area contributed by atoms with Crippen molar-refractivity contribution in [3.8, 4) is 0 Å². The first-order valence-corrected chi connectivity index (χ1v) is 7.62. The minimum Gasteiger partial charge on any atom is -0.394 e. The van der Waals surface area contributed by atoms with Crippen LogP contribution >= 0.6 is 11.6 Å². The van der Waals surface area contributed by atoms with E-state index >= 15 is 0 Å². The Labute approximate surface area is 138 Å². The number of halogens is 3. The van der Waals surface area contributed by atoms with Gasteiger partial charge in [0.1, 0.15) is 11.6 Å². The first-order valence-electron chi connectivity index (χ1n) is 7.25. The molecule has 0 aromatic heterocycles. The predicted molar refractivity (Wildman–Crippen MR) is 85.6 cm³/mol. The van der Waals surface area contributed by atoms with Gasteiger partial charge in [0.2, 0.25) is 0 Å².